The van der Waals surface area contributed by atoms with Crippen molar-refractivity contribution in [3.63, 3.8) is 0 Å². The topological polar surface area (TPSA) is 88.0 Å². The second-order valence-corrected chi connectivity index (χ2v) is 5.30. The minimum absolute atomic E-state index is 0.302. The summed E-state index contributed by atoms with van der Waals surface area (Å²) in [7, 11) is 3.69. The highest BCUT2D eigenvalue weighted by Gasteiger charge is 2.24. The van der Waals surface area contributed by atoms with E-state index in [1.165, 1.54) is 24.3 Å². The normalized spacial score (nSPS) is 10.6. The maximum Gasteiger partial charge on any atom is 0.433 e. The van der Waals surface area contributed by atoms with E-state index >= 15 is 0 Å². The highest BCUT2D eigenvalue weighted by atomic mass is 19.1. The summed E-state index contributed by atoms with van der Waals surface area (Å²) in [5.74, 6) is -0.375. The number of halogens is 1. The maximum atomic E-state index is 13.2. The van der Waals surface area contributed by atoms with Crippen LogP contribution in [0.5, 0.6) is 0 Å². The SMILES string of the molecule is C[N+](C)=C(c1ccc(F)cc1)c1cn[nH]c1-c1ccc([N+](=O)[O-])o1. The fourth-order valence-electron chi connectivity index (χ4n) is 2.48. The predicted octanol–water partition coefficient (Wildman–Crippen LogP) is 2.83. The van der Waals surface area contributed by atoms with Gasteiger partial charge in [-0.1, -0.05) is 0 Å². The number of aromatic nitrogens is 2. The van der Waals surface area contributed by atoms with E-state index in [0.717, 1.165) is 11.3 Å². The van der Waals surface area contributed by atoms with E-state index < -0.39 is 4.92 Å². The van der Waals surface area contributed by atoms with Gasteiger partial charge in [0.25, 0.3) is 0 Å². The zero-order chi connectivity index (χ0) is 17.3. The van der Waals surface area contributed by atoms with Gasteiger partial charge in [-0.05, 0) is 30.3 Å². The Labute approximate surface area is 136 Å². The molecule has 3 aromatic rings. The van der Waals surface area contributed by atoms with Gasteiger partial charge in [0.1, 0.15) is 30.5 Å². The Hall–Kier alpha value is -3.29. The van der Waals surface area contributed by atoms with Crippen LogP contribution in [0.25, 0.3) is 11.5 Å². The second-order valence-electron chi connectivity index (χ2n) is 5.30. The first-order valence-corrected chi connectivity index (χ1v) is 7.06. The molecule has 122 valence electrons. The van der Waals surface area contributed by atoms with E-state index in [9.17, 15) is 14.5 Å². The monoisotopic (exact) mass is 329 g/mol. The lowest BCUT2D eigenvalue weighted by molar-refractivity contribution is -0.463. The number of hydrogen-bond donors (Lipinski definition) is 1. The number of benzene rings is 1. The van der Waals surface area contributed by atoms with Crippen LogP contribution < -0.4 is 0 Å². The first-order valence-electron chi connectivity index (χ1n) is 7.06. The van der Waals surface area contributed by atoms with E-state index in [1.54, 1.807) is 18.3 Å². The summed E-state index contributed by atoms with van der Waals surface area (Å²) in [5, 5.41) is 17.6. The predicted molar refractivity (Wildman–Crippen MR) is 84.7 cm³/mol. The molecule has 0 saturated heterocycles. The molecule has 0 aliphatic carbocycles. The molecule has 7 nitrogen and oxygen atoms in total. The molecule has 0 fully saturated rings. The van der Waals surface area contributed by atoms with Crippen molar-refractivity contribution >= 4 is 11.6 Å². The number of aromatic amines is 1. The highest BCUT2D eigenvalue weighted by molar-refractivity contribution is 6.12. The van der Waals surface area contributed by atoms with Crippen LogP contribution in [0.4, 0.5) is 10.3 Å². The molecular formula is C16H14FN4O3+. The fraction of sp³-hybridized carbons (Fsp3) is 0.125. The molecule has 2 heterocycles. The second kappa shape index (κ2) is 6.07. The molecule has 3 rings (SSSR count). The summed E-state index contributed by atoms with van der Waals surface area (Å²) in [5.41, 5.74) is 2.76. The largest absolute Gasteiger partial charge is 0.433 e. The molecule has 1 N–H and O–H groups in total. The highest BCUT2D eigenvalue weighted by Crippen LogP contribution is 2.28. The zero-order valence-corrected chi connectivity index (χ0v) is 13.0. The Balaban J connectivity index is 2.11. The summed E-state index contributed by atoms with van der Waals surface area (Å²) >= 11 is 0. The number of furan rings is 1. The van der Waals surface area contributed by atoms with Crippen LogP contribution in [0, 0.1) is 15.9 Å². The van der Waals surface area contributed by atoms with Crippen molar-refractivity contribution in [3.8, 4) is 11.5 Å². The van der Waals surface area contributed by atoms with Gasteiger partial charge < -0.3 is 4.42 Å². The lowest BCUT2D eigenvalue weighted by Gasteiger charge is -2.04. The molecule has 0 atom stereocenters. The van der Waals surface area contributed by atoms with Gasteiger partial charge in [-0.25, -0.2) is 8.97 Å². The molecule has 0 amide bonds. The van der Waals surface area contributed by atoms with Gasteiger partial charge in [0.05, 0.1) is 17.8 Å². The molecule has 0 bridgehead atoms. The van der Waals surface area contributed by atoms with Crippen LogP contribution >= 0.6 is 0 Å². The van der Waals surface area contributed by atoms with Crippen molar-refractivity contribution in [2.75, 3.05) is 14.1 Å². The number of rotatable bonds is 4. The lowest BCUT2D eigenvalue weighted by Crippen LogP contribution is -2.16. The van der Waals surface area contributed by atoms with Crippen LogP contribution in [0.1, 0.15) is 11.1 Å². The van der Waals surface area contributed by atoms with E-state index in [1.807, 2.05) is 18.7 Å². The van der Waals surface area contributed by atoms with Crippen LogP contribution in [0.2, 0.25) is 0 Å². The number of nitrogens with zero attached hydrogens (tertiary/aromatic N) is 3. The van der Waals surface area contributed by atoms with Gasteiger partial charge in [-0.3, -0.25) is 15.2 Å². The number of hydrogen-bond acceptors (Lipinski definition) is 4. The van der Waals surface area contributed by atoms with Crippen molar-refractivity contribution in [2.45, 2.75) is 0 Å². The molecule has 0 radical (unpaired) electrons. The van der Waals surface area contributed by atoms with Gasteiger partial charge in [0.2, 0.25) is 5.71 Å². The third-order valence-electron chi connectivity index (χ3n) is 3.48. The quantitative estimate of drug-likeness (QED) is 0.345. The van der Waals surface area contributed by atoms with E-state index in [4.69, 9.17) is 4.42 Å². The van der Waals surface area contributed by atoms with Gasteiger partial charge in [-0.15, -0.1) is 0 Å². The summed E-state index contributed by atoms with van der Waals surface area (Å²) in [6, 6.07) is 8.85. The average molecular weight is 329 g/mol. The number of nitro groups is 1. The summed E-state index contributed by atoms with van der Waals surface area (Å²) in [6.07, 6.45) is 1.60. The number of nitrogens with one attached hydrogen (secondary N) is 1. The molecule has 0 unspecified atom stereocenters. The Bertz CT molecular complexity index is 921. The molecule has 24 heavy (non-hydrogen) atoms. The first-order chi connectivity index (χ1) is 11.5. The fourth-order valence-corrected chi connectivity index (χ4v) is 2.48. The van der Waals surface area contributed by atoms with Crippen LogP contribution in [-0.4, -0.2) is 39.5 Å². The Morgan fingerprint density at radius 1 is 1.21 bits per heavy atom. The van der Waals surface area contributed by atoms with Crippen molar-refractivity contribution in [1.29, 1.82) is 0 Å². The molecule has 0 saturated carbocycles. The average Bonchev–Trinajstić information content (AvgIpc) is 3.18. The molecule has 8 heteroatoms. The van der Waals surface area contributed by atoms with Crippen molar-refractivity contribution in [2.24, 2.45) is 0 Å². The summed E-state index contributed by atoms with van der Waals surface area (Å²) in [4.78, 5) is 10.2. The first kappa shape index (κ1) is 15.6. The third kappa shape index (κ3) is 2.81. The van der Waals surface area contributed by atoms with Gasteiger partial charge >= 0.3 is 5.88 Å². The van der Waals surface area contributed by atoms with Crippen LogP contribution in [-0.2, 0) is 0 Å². The van der Waals surface area contributed by atoms with Crippen LogP contribution in [0.15, 0.2) is 47.0 Å². The molecule has 0 spiro atoms. The molecule has 0 aliphatic heterocycles. The Morgan fingerprint density at radius 2 is 1.92 bits per heavy atom. The lowest BCUT2D eigenvalue weighted by atomic mass is 10.0. The molecular weight excluding hydrogens is 315 g/mol. The molecule has 2 aromatic heterocycles. The number of H-pyrrole nitrogens is 1. The smallest absolute Gasteiger partial charge is 0.399 e. The van der Waals surface area contributed by atoms with Crippen molar-refractivity contribution in [3.05, 3.63) is 69.7 Å². The van der Waals surface area contributed by atoms with Crippen molar-refractivity contribution < 1.29 is 18.3 Å². The molecule has 1 aromatic carbocycles. The third-order valence-corrected chi connectivity index (χ3v) is 3.48. The van der Waals surface area contributed by atoms with E-state index in [0.29, 0.717) is 17.0 Å². The zero-order valence-electron chi connectivity index (χ0n) is 13.0. The Morgan fingerprint density at radius 3 is 2.50 bits per heavy atom. The van der Waals surface area contributed by atoms with Crippen molar-refractivity contribution in [1.82, 2.24) is 10.2 Å². The minimum Gasteiger partial charge on any atom is -0.399 e. The molecule has 0 aliphatic rings. The summed E-state index contributed by atoms with van der Waals surface area (Å²) in [6.45, 7) is 0. The van der Waals surface area contributed by atoms with Gasteiger partial charge in [-0.2, -0.15) is 5.10 Å². The maximum absolute atomic E-state index is 13.2. The van der Waals surface area contributed by atoms with E-state index in [2.05, 4.69) is 10.2 Å². The summed E-state index contributed by atoms with van der Waals surface area (Å²) < 4.78 is 20.3. The van der Waals surface area contributed by atoms with Gasteiger partial charge in [0, 0.05) is 5.56 Å². The Kier molecular flexibility index (Phi) is 3.95. The minimum atomic E-state index is -0.601. The van der Waals surface area contributed by atoms with E-state index in [-0.39, 0.29) is 11.7 Å². The van der Waals surface area contributed by atoms with Gasteiger partial charge in [0.15, 0.2) is 5.76 Å². The van der Waals surface area contributed by atoms with Crippen LogP contribution in [0.3, 0.4) is 0 Å². The standard InChI is InChI=1S/C16H13FN4O3/c1-20(2)16(10-3-5-11(17)6-4-10)12-9-18-19-15(12)13-7-8-14(24-13)21(22)23/h3-9H,1-2H3/p+1.